The number of aliphatic hydroxyl groups excluding tert-OH is 1. The summed E-state index contributed by atoms with van der Waals surface area (Å²) in [6.07, 6.45) is 4.99. The van der Waals surface area contributed by atoms with Gasteiger partial charge in [-0.1, -0.05) is 44.5 Å². The number of nitrogens with zero attached hydrogens (tertiary/aromatic N) is 2. The topological polar surface area (TPSA) is 128 Å². The molecule has 226 valence electrons. The quantitative estimate of drug-likeness (QED) is 0.0772. The highest BCUT2D eigenvalue weighted by molar-refractivity contribution is 7.99. The summed E-state index contributed by atoms with van der Waals surface area (Å²) in [7, 11) is 1.28. The number of esters is 2. The second-order valence-corrected chi connectivity index (χ2v) is 11.2. The molecular formula is C32H40N2O7S. The number of ether oxygens (including phenoxy) is 2. The predicted molar refractivity (Wildman–Crippen MR) is 164 cm³/mol. The number of methoxy groups -OCH3 is 1. The molecule has 0 amide bonds. The van der Waals surface area contributed by atoms with Crippen molar-refractivity contribution < 1.29 is 29.1 Å². The Bertz CT molecular complexity index is 1290. The van der Waals surface area contributed by atoms with Gasteiger partial charge in [0.15, 0.2) is 0 Å². The van der Waals surface area contributed by atoms with Gasteiger partial charge in [-0.25, -0.2) is 4.79 Å². The lowest BCUT2D eigenvalue weighted by Gasteiger charge is -2.32. The fourth-order valence-electron chi connectivity index (χ4n) is 5.09. The van der Waals surface area contributed by atoms with Gasteiger partial charge in [0.2, 0.25) is 0 Å². The van der Waals surface area contributed by atoms with E-state index in [0.717, 1.165) is 29.9 Å². The number of aliphatic hydroxyl groups is 1. The molecule has 1 N–H and O–H groups in total. The average molecular weight is 597 g/mol. The molecule has 1 aliphatic rings. The van der Waals surface area contributed by atoms with E-state index in [4.69, 9.17) is 19.6 Å². The van der Waals surface area contributed by atoms with Crippen LogP contribution in [0.4, 0.5) is 5.69 Å². The molecule has 10 heteroatoms. The number of benzene rings is 2. The van der Waals surface area contributed by atoms with Crippen LogP contribution in [-0.2, 0) is 25.5 Å². The van der Waals surface area contributed by atoms with Crippen molar-refractivity contribution in [2.45, 2.75) is 69.6 Å². The minimum Gasteiger partial charge on any atom is -0.468 e. The average Bonchev–Trinajstić information content (AvgIpc) is 3.00. The first-order valence-electron chi connectivity index (χ1n) is 14.5. The summed E-state index contributed by atoms with van der Waals surface area (Å²) in [6.45, 7) is 4.26. The van der Waals surface area contributed by atoms with Crippen molar-refractivity contribution in [3.05, 3.63) is 81.0 Å². The Morgan fingerprint density at radius 2 is 1.83 bits per heavy atom. The van der Waals surface area contributed by atoms with E-state index in [1.54, 1.807) is 23.9 Å². The van der Waals surface area contributed by atoms with Crippen molar-refractivity contribution in [1.29, 1.82) is 0 Å². The van der Waals surface area contributed by atoms with Gasteiger partial charge in [0.1, 0.15) is 5.92 Å². The molecule has 2 aromatic carbocycles. The van der Waals surface area contributed by atoms with E-state index in [9.17, 15) is 19.7 Å². The molecule has 42 heavy (non-hydrogen) atoms. The van der Waals surface area contributed by atoms with Gasteiger partial charge in [-0.05, 0) is 61.8 Å². The van der Waals surface area contributed by atoms with Crippen LogP contribution in [0, 0.1) is 16.0 Å². The number of allylic oxidation sites excluding steroid dienone is 1. The van der Waals surface area contributed by atoms with Crippen molar-refractivity contribution in [1.82, 2.24) is 0 Å². The summed E-state index contributed by atoms with van der Waals surface area (Å²) in [4.78, 5) is 43.7. The Kier molecular flexibility index (Phi) is 13.2. The van der Waals surface area contributed by atoms with Gasteiger partial charge in [0.05, 0.1) is 29.9 Å². The van der Waals surface area contributed by atoms with Crippen molar-refractivity contribution in [3.8, 4) is 0 Å². The molecule has 0 saturated heterocycles. The van der Waals surface area contributed by atoms with Gasteiger partial charge in [-0.2, -0.15) is 0 Å². The highest BCUT2D eigenvalue weighted by atomic mass is 32.2. The van der Waals surface area contributed by atoms with Crippen LogP contribution in [0.3, 0.4) is 0 Å². The molecule has 2 atom stereocenters. The largest absolute Gasteiger partial charge is 0.468 e. The molecule has 3 rings (SSSR count). The number of aryl methyl sites for hydroxylation is 1. The van der Waals surface area contributed by atoms with Gasteiger partial charge in [-0.3, -0.25) is 19.9 Å². The number of hydrogen-bond donors (Lipinski definition) is 1. The third-order valence-corrected chi connectivity index (χ3v) is 8.24. The van der Waals surface area contributed by atoms with E-state index < -0.39 is 28.7 Å². The minimum absolute atomic E-state index is 0.128. The van der Waals surface area contributed by atoms with Gasteiger partial charge < -0.3 is 14.6 Å². The zero-order valence-electron chi connectivity index (χ0n) is 24.5. The third kappa shape index (κ3) is 8.75. The van der Waals surface area contributed by atoms with Gasteiger partial charge >= 0.3 is 11.9 Å². The van der Waals surface area contributed by atoms with Crippen molar-refractivity contribution >= 4 is 35.1 Å². The molecule has 2 aromatic rings. The molecular weight excluding hydrogens is 556 g/mol. The summed E-state index contributed by atoms with van der Waals surface area (Å²) < 4.78 is 10.9. The summed E-state index contributed by atoms with van der Waals surface area (Å²) in [6, 6.07) is 14.4. The highest BCUT2D eigenvalue weighted by Gasteiger charge is 2.44. The van der Waals surface area contributed by atoms with Crippen molar-refractivity contribution in [2.75, 3.05) is 26.1 Å². The van der Waals surface area contributed by atoms with Crippen LogP contribution in [0.15, 0.2) is 69.7 Å². The first-order valence-corrected chi connectivity index (χ1v) is 15.4. The maximum absolute atomic E-state index is 13.7. The fourth-order valence-corrected chi connectivity index (χ4v) is 5.91. The van der Waals surface area contributed by atoms with E-state index in [1.165, 1.54) is 24.8 Å². The smallest absolute Gasteiger partial charge is 0.336 e. The van der Waals surface area contributed by atoms with E-state index in [1.807, 2.05) is 13.8 Å². The number of nitro groups is 1. The van der Waals surface area contributed by atoms with Crippen LogP contribution in [0.5, 0.6) is 0 Å². The molecule has 0 fully saturated rings. The van der Waals surface area contributed by atoms with Crippen molar-refractivity contribution in [2.24, 2.45) is 10.9 Å². The van der Waals surface area contributed by atoms with Crippen molar-refractivity contribution in [3.63, 3.8) is 0 Å². The first-order chi connectivity index (χ1) is 20.3. The lowest BCUT2D eigenvalue weighted by atomic mass is 9.74. The molecule has 0 aliphatic carbocycles. The van der Waals surface area contributed by atoms with Gasteiger partial charge in [-0.15, -0.1) is 11.8 Å². The van der Waals surface area contributed by atoms with E-state index in [0.29, 0.717) is 42.7 Å². The molecule has 0 bridgehead atoms. The number of rotatable bonds is 16. The number of thioether (sulfide) groups is 1. The number of non-ortho nitro benzene ring substituents is 1. The SMILES string of the molecule is CCCC1=C(C(=O)OCCCSc2ccc(CCCCO)cc2)C(c2cccc([N+](=O)[O-])c2)C(C(=O)OC)C(CC)=N1. The monoisotopic (exact) mass is 596 g/mol. The predicted octanol–water partition coefficient (Wildman–Crippen LogP) is 6.43. The normalized spacial score (nSPS) is 16.6. The lowest BCUT2D eigenvalue weighted by Crippen LogP contribution is -2.37. The number of nitro benzene ring substituents is 1. The first kappa shape index (κ1) is 33.0. The Labute approximate surface area is 251 Å². The molecule has 0 aromatic heterocycles. The van der Waals surface area contributed by atoms with Crippen LogP contribution >= 0.6 is 11.8 Å². The van der Waals surface area contributed by atoms with E-state index in [-0.39, 0.29) is 24.5 Å². The van der Waals surface area contributed by atoms with Crippen LogP contribution in [-0.4, -0.2) is 53.8 Å². The number of carbonyl (C=O) groups excluding carboxylic acids is 2. The Morgan fingerprint density at radius 3 is 2.48 bits per heavy atom. The van der Waals surface area contributed by atoms with Crippen LogP contribution < -0.4 is 0 Å². The van der Waals surface area contributed by atoms with E-state index >= 15 is 0 Å². The lowest BCUT2D eigenvalue weighted by molar-refractivity contribution is -0.384. The Morgan fingerprint density at radius 1 is 1.07 bits per heavy atom. The van der Waals surface area contributed by atoms with Crippen LogP contribution in [0.2, 0.25) is 0 Å². The number of hydrogen-bond acceptors (Lipinski definition) is 9. The summed E-state index contributed by atoms with van der Waals surface area (Å²) >= 11 is 1.68. The fraction of sp³-hybridized carbons (Fsp3) is 0.469. The molecule has 1 aliphatic heterocycles. The molecule has 0 radical (unpaired) electrons. The Balaban J connectivity index is 1.78. The molecule has 0 spiro atoms. The summed E-state index contributed by atoms with van der Waals surface area (Å²) in [5.41, 5.74) is 2.96. The number of carbonyl (C=O) groups is 2. The number of aliphatic imine (C=N–C) groups is 1. The highest BCUT2D eigenvalue weighted by Crippen LogP contribution is 2.42. The zero-order chi connectivity index (χ0) is 30.5. The van der Waals surface area contributed by atoms with Crippen LogP contribution in [0.1, 0.15) is 69.4 Å². The summed E-state index contributed by atoms with van der Waals surface area (Å²) in [5, 5.41) is 20.5. The Hall–Kier alpha value is -3.50. The maximum atomic E-state index is 13.7. The third-order valence-electron chi connectivity index (χ3n) is 7.14. The van der Waals surface area contributed by atoms with E-state index in [2.05, 4.69) is 24.3 Å². The zero-order valence-corrected chi connectivity index (χ0v) is 25.4. The van der Waals surface area contributed by atoms with Gasteiger partial charge in [0.25, 0.3) is 5.69 Å². The molecule has 9 nitrogen and oxygen atoms in total. The molecule has 1 heterocycles. The second kappa shape index (κ2) is 16.8. The minimum atomic E-state index is -0.896. The molecule has 0 saturated carbocycles. The number of unbranched alkanes of at least 4 members (excludes halogenated alkanes) is 1. The maximum Gasteiger partial charge on any atom is 0.336 e. The van der Waals surface area contributed by atoms with Gasteiger partial charge in [0, 0.05) is 41.0 Å². The summed E-state index contributed by atoms with van der Waals surface area (Å²) in [5.74, 6) is -2.09. The second-order valence-electron chi connectivity index (χ2n) is 10.1. The van der Waals surface area contributed by atoms with Crippen LogP contribution in [0.25, 0.3) is 0 Å². The molecule has 2 unspecified atom stereocenters. The standard InChI is InChI=1S/C32H40N2O7S/c1-4-10-27-30(32(37)41-19-9-20-42-25-16-14-22(15-17-25)11-6-7-18-35)28(23-12-8-13-24(21-23)34(38)39)29(31(36)40-3)26(5-2)33-27/h8,12-17,21,28-29,35H,4-7,9-11,18-20H2,1-3H3.